The number of nitrogens with zero attached hydrogens (tertiary/aromatic N) is 5. The molecule has 0 N–H and O–H groups in total. The van der Waals surface area contributed by atoms with Gasteiger partial charge in [0.25, 0.3) is 0 Å². The molecule has 1 rings (SSSR count). The predicted octanol–water partition coefficient (Wildman–Crippen LogP) is 10.3. The van der Waals surface area contributed by atoms with Gasteiger partial charge in [-0.25, -0.2) is 0 Å². The zero-order chi connectivity index (χ0) is 20.3. The van der Waals surface area contributed by atoms with Crippen LogP contribution in [0.4, 0.5) is 33.6 Å². The van der Waals surface area contributed by atoms with Gasteiger partial charge >= 0.3 is 39.0 Å². The number of hydrogen-bond donors (Lipinski definition) is 0. The summed E-state index contributed by atoms with van der Waals surface area (Å²) in [6.07, 6.45) is 0.0639. The fraction of sp³-hybridized carbons (Fsp3) is 1.00. The monoisotopic (exact) mass is 495 g/mol. The minimum absolute atomic E-state index is 0.0320. The smallest absolute Gasteiger partial charge is 0.303 e. The second kappa shape index (κ2) is 8.89. The molecule has 0 aromatic rings. The van der Waals surface area contributed by atoms with Crippen molar-refractivity contribution in [2.24, 2.45) is 22.6 Å². The van der Waals surface area contributed by atoms with Crippen LogP contribution in [0.1, 0.15) is 26.7 Å². The van der Waals surface area contributed by atoms with Crippen LogP contribution in [0, 0.1) is 0 Å². The van der Waals surface area contributed by atoms with Crippen LogP contribution in [0.2, 0.25) is 0 Å². The maximum atomic E-state index is 14.6. The molecule has 20 heteroatoms. The lowest BCUT2D eigenvalue weighted by Crippen LogP contribution is -1.89. The predicted molar refractivity (Wildman–Crippen MR) is 88.1 cm³/mol. The van der Waals surface area contributed by atoms with Crippen LogP contribution in [0.25, 0.3) is 0 Å². The van der Waals surface area contributed by atoms with E-state index >= 15 is 0 Å². The molecule has 1 aliphatic rings. The third kappa shape index (κ3) is 8.26. The van der Waals surface area contributed by atoms with E-state index in [9.17, 15) is 33.6 Å². The highest BCUT2D eigenvalue weighted by atomic mass is 31.3. The highest BCUT2D eigenvalue weighted by Gasteiger charge is 2.40. The lowest BCUT2D eigenvalue weighted by molar-refractivity contribution is 0.315. The molecule has 26 heavy (non-hydrogen) atoms. The molecule has 1 heterocycles. The van der Waals surface area contributed by atoms with Gasteiger partial charge in [0.05, 0.1) is 13.2 Å². The van der Waals surface area contributed by atoms with Crippen molar-refractivity contribution >= 4 is 39.0 Å². The van der Waals surface area contributed by atoms with Crippen LogP contribution in [0.15, 0.2) is 22.6 Å². The van der Waals surface area contributed by atoms with E-state index in [2.05, 4.69) is 22.6 Å². The minimum atomic E-state index is -6.65. The first kappa shape index (κ1) is 24.5. The molecule has 1 aliphatic heterocycles. The van der Waals surface area contributed by atoms with Gasteiger partial charge in [-0.1, -0.05) is 13.8 Å². The first-order valence-electron chi connectivity index (χ1n) is 6.71. The van der Waals surface area contributed by atoms with Crippen LogP contribution in [0.3, 0.4) is 0 Å². The Balaban J connectivity index is 3.91. The molecule has 0 aromatic heterocycles. The number of hydrogen-bond acceptors (Lipinski definition) is 7. The lowest BCUT2D eigenvalue weighted by atomic mass is 10.5. The molecule has 0 saturated heterocycles. The van der Waals surface area contributed by atoms with Crippen molar-refractivity contribution < 1.29 is 42.6 Å². The Morgan fingerprint density at radius 1 is 0.538 bits per heavy atom. The van der Waals surface area contributed by atoms with Crippen molar-refractivity contribution in [3.05, 3.63) is 0 Å². The summed E-state index contributed by atoms with van der Waals surface area (Å²) in [5.74, 6) is 0. The fourth-order valence-corrected chi connectivity index (χ4v) is 10.5. The summed E-state index contributed by atoms with van der Waals surface area (Å²) < 4.78 is 129. The molecular formula is C6H14F8N5O2P5. The summed E-state index contributed by atoms with van der Waals surface area (Å²) in [4.78, 5) is 0. The Morgan fingerprint density at radius 2 is 0.885 bits per heavy atom. The number of halogens is 8. The van der Waals surface area contributed by atoms with Crippen molar-refractivity contribution in [2.45, 2.75) is 26.7 Å². The van der Waals surface area contributed by atoms with E-state index in [1.165, 1.54) is 13.8 Å². The largest absolute Gasteiger partial charge is 0.425 e. The molecule has 2 atom stereocenters. The maximum absolute atomic E-state index is 14.6. The van der Waals surface area contributed by atoms with Crippen LogP contribution in [0.5, 0.6) is 0 Å². The number of rotatable bonds is 6. The van der Waals surface area contributed by atoms with E-state index in [-0.39, 0.29) is 12.8 Å². The third-order valence-corrected chi connectivity index (χ3v) is 11.7. The Kier molecular flexibility index (Phi) is 8.40. The highest BCUT2D eigenvalue weighted by Crippen LogP contribution is 2.82. The van der Waals surface area contributed by atoms with Crippen molar-refractivity contribution in [3.8, 4) is 0 Å². The lowest BCUT2D eigenvalue weighted by Gasteiger charge is -2.17. The van der Waals surface area contributed by atoms with Gasteiger partial charge in [0, 0.05) is 0 Å². The van der Waals surface area contributed by atoms with Crippen molar-refractivity contribution in [2.75, 3.05) is 13.2 Å². The third-order valence-electron chi connectivity index (χ3n) is 2.01. The maximum Gasteiger partial charge on any atom is 0.425 e. The molecule has 0 aromatic carbocycles. The van der Waals surface area contributed by atoms with E-state index in [0.29, 0.717) is 0 Å². The Hall–Kier alpha value is 0.510. The van der Waals surface area contributed by atoms with Crippen molar-refractivity contribution in [3.63, 3.8) is 0 Å². The molecular weight excluding hydrogens is 481 g/mol. The van der Waals surface area contributed by atoms with Crippen LogP contribution < -0.4 is 0 Å². The normalized spacial score (nSPS) is 32.8. The first-order valence-corrected chi connectivity index (χ1v) is 14.1. The van der Waals surface area contributed by atoms with Gasteiger partial charge in [0.2, 0.25) is 0 Å². The molecule has 0 spiro atoms. The molecule has 0 bridgehead atoms. The molecule has 0 fully saturated rings. The average molecular weight is 495 g/mol. The Bertz CT molecular complexity index is 782. The van der Waals surface area contributed by atoms with Gasteiger partial charge in [0.15, 0.2) is 0 Å². The van der Waals surface area contributed by atoms with Gasteiger partial charge in [-0.15, -0.1) is 47.8 Å². The van der Waals surface area contributed by atoms with Crippen LogP contribution in [-0.2, 0) is 9.05 Å². The van der Waals surface area contributed by atoms with E-state index in [1.54, 1.807) is 9.03 Å². The van der Waals surface area contributed by atoms with E-state index in [0.717, 1.165) is 0 Å². The summed E-state index contributed by atoms with van der Waals surface area (Å²) in [6, 6.07) is 0. The topological polar surface area (TPSA) is 80.3 Å². The molecule has 156 valence electrons. The van der Waals surface area contributed by atoms with Crippen molar-refractivity contribution in [1.29, 1.82) is 0 Å². The zero-order valence-corrected chi connectivity index (χ0v) is 17.6. The van der Waals surface area contributed by atoms with E-state index in [1.807, 2.05) is 0 Å². The summed E-state index contributed by atoms with van der Waals surface area (Å²) >= 11 is 0. The second-order valence-electron chi connectivity index (χ2n) is 4.43. The summed E-state index contributed by atoms with van der Waals surface area (Å²) in [5, 5.41) is 0. The standard InChI is InChI=1S/C6H14F8N5O2P5/c1-3-5-20-25(13)17-23(9,10)15-22(7,8)16-24(11,12)18-26(14,19-25)21-6-4-2/h3-6H2,1-2H3. The van der Waals surface area contributed by atoms with Crippen LogP contribution in [-0.4, -0.2) is 13.2 Å². The van der Waals surface area contributed by atoms with Crippen LogP contribution >= 0.6 is 39.0 Å². The Morgan fingerprint density at radius 3 is 1.31 bits per heavy atom. The van der Waals surface area contributed by atoms with E-state index < -0.39 is 52.2 Å². The van der Waals surface area contributed by atoms with Gasteiger partial charge in [-0.05, 0) is 12.8 Å². The van der Waals surface area contributed by atoms with Gasteiger partial charge in [-0.3, -0.25) is 0 Å². The van der Waals surface area contributed by atoms with E-state index in [4.69, 9.17) is 0 Å². The summed E-state index contributed by atoms with van der Waals surface area (Å²) in [5.41, 5.74) is 0. The summed E-state index contributed by atoms with van der Waals surface area (Å²) in [6.45, 7) is 1.62. The molecule has 0 aliphatic carbocycles. The Labute approximate surface area is 144 Å². The molecule has 0 amide bonds. The SMILES string of the molecule is CCCOP1(F)=NP(F)(F)=NP(F)(F)=NP(F)(F)=NP(F)(OCCC)=N1. The zero-order valence-electron chi connectivity index (χ0n) is 13.1. The quantitative estimate of drug-likeness (QED) is 0.271. The molecule has 0 radical (unpaired) electrons. The summed E-state index contributed by atoms with van der Waals surface area (Å²) in [7, 11) is -31.0. The van der Waals surface area contributed by atoms with Gasteiger partial charge in [-0.2, -0.15) is 8.39 Å². The van der Waals surface area contributed by atoms with Gasteiger partial charge < -0.3 is 9.05 Å². The first-order chi connectivity index (χ1) is 11.7. The average Bonchev–Trinajstić information content (AvgIpc) is 2.37. The van der Waals surface area contributed by atoms with Gasteiger partial charge in [0.1, 0.15) is 0 Å². The molecule has 2 unspecified atom stereocenters. The van der Waals surface area contributed by atoms with Crippen molar-refractivity contribution in [1.82, 2.24) is 0 Å². The minimum Gasteiger partial charge on any atom is -0.303 e. The fourth-order valence-electron chi connectivity index (χ4n) is 1.27. The highest BCUT2D eigenvalue weighted by molar-refractivity contribution is 7.78. The second-order valence-corrected chi connectivity index (χ2v) is 13.1. The molecule has 7 nitrogen and oxygen atoms in total. The molecule has 0 saturated carbocycles.